The molecule has 26 heavy (non-hydrogen) atoms. The maximum atomic E-state index is 12.5. The monoisotopic (exact) mass is 379 g/mol. The van der Waals surface area contributed by atoms with Crippen LogP contribution >= 0.6 is 11.8 Å². The molecule has 1 amide bonds. The second kappa shape index (κ2) is 7.61. The summed E-state index contributed by atoms with van der Waals surface area (Å²) < 4.78 is 42.9. The van der Waals surface area contributed by atoms with Gasteiger partial charge in [0.15, 0.2) is 5.58 Å². The highest BCUT2D eigenvalue weighted by molar-refractivity contribution is 7.99. The number of thioether (sulfide) groups is 1. The van der Waals surface area contributed by atoms with Crippen LogP contribution in [0, 0.1) is 0 Å². The highest BCUT2D eigenvalue weighted by atomic mass is 32.2. The second-order valence-corrected chi connectivity index (χ2v) is 6.08. The number of fused-ring (bicyclic) bond motifs is 1. The largest absolute Gasteiger partial charge is 0.431 e. The molecule has 0 saturated carbocycles. The lowest BCUT2D eigenvalue weighted by molar-refractivity contribution is -0.137. The van der Waals surface area contributed by atoms with Gasteiger partial charge in [0.2, 0.25) is 0 Å². The average Bonchev–Trinajstić information content (AvgIpc) is 3.03. The minimum absolute atomic E-state index is 0.0389. The molecule has 1 N–H and O–H groups in total. The molecule has 0 saturated heterocycles. The smallest absolute Gasteiger partial charge is 0.416 e. The molecule has 2 aromatic carbocycles. The van der Waals surface area contributed by atoms with Crippen LogP contribution in [0.4, 0.5) is 13.2 Å². The zero-order chi connectivity index (χ0) is 18.6. The minimum atomic E-state index is -4.38. The van der Waals surface area contributed by atoms with E-state index >= 15 is 0 Å². The van der Waals surface area contributed by atoms with Crippen LogP contribution in [-0.4, -0.2) is 22.9 Å². The fraction of sp³-hybridized carbons (Fsp3) is 0.118. The molecule has 134 valence electrons. The molecule has 3 aromatic rings. The Morgan fingerprint density at radius 2 is 1.92 bits per heavy atom. The normalized spacial score (nSPS) is 12.0. The third-order valence-corrected chi connectivity index (χ3v) is 4.07. The Hall–Kier alpha value is -2.81. The van der Waals surface area contributed by atoms with Gasteiger partial charge in [-0.15, -0.1) is 0 Å². The van der Waals surface area contributed by atoms with Crippen molar-refractivity contribution in [2.45, 2.75) is 11.4 Å². The Kier molecular flexibility index (Phi) is 5.27. The lowest BCUT2D eigenvalue weighted by Gasteiger charge is -2.05. The molecule has 3 rings (SSSR count). The summed E-state index contributed by atoms with van der Waals surface area (Å²) in [6.45, 7) is 0. The summed E-state index contributed by atoms with van der Waals surface area (Å²) in [5.74, 6) is -0.350. The summed E-state index contributed by atoms with van der Waals surface area (Å²) in [6, 6.07) is 11.7. The van der Waals surface area contributed by atoms with Gasteiger partial charge in [0.05, 0.1) is 17.5 Å². The quantitative estimate of drug-likeness (QED) is 0.412. The zero-order valence-electron chi connectivity index (χ0n) is 13.2. The number of halogens is 3. The Balaban J connectivity index is 1.49. The molecule has 0 aliphatic carbocycles. The van der Waals surface area contributed by atoms with Crippen LogP contribution in [-0.2, 0) is 11.0 Å². The molecule has 1 heterocycles. The number of hydrazone groups is 1. The first-order valence-electron chi connectivity index (χ1n) is 7.39. The van der Waals surface area contributed by atoms with Crippen molar-refractivity contribution in [2.24, 2.45) is 5.10 Å². The molecule has 1 aromatic heterocycles. The molecule has 0 atom stereocenters. The number of para-hydroxylation sites is 2. The minimum Gasteiger partial charge on any atom is -0.431 e. The number of aromatic nitrogens is 1. The van der Waals surface area contributed by atoms with Gasteiger partial charge in [0, 0.05) is 0 Å². The molecule has 0 spiro atoms. The van der Waals surface area contributed by atoms with Crippen LogP contribution in [0.25, 0.3) is 11.1 Å². The molecule has 0 fully saturated rings. The number of amides is 1. The Bertz CT molecular complexity index is 903. The van der Waals surface area contributed by atoms with Crippen LogP contribution in [0.3, 0.4) is 0 Å². The molecule has 0 aliphatic rings. The first kappa shape index (κ1) is 18.0. The molecule has 9 heteroatoms. The number of nitrogens with zero attached hydrogens (tertiary/aromatic N) is 2. The van der Waals surface area contributed by atoms with E-state index in [4.69, 9.17) is 4.42 Å². The van der Waals surface area contributed by atoms with Gasteiger partial charge in [-0.25, -0.2) is 10.4 Å². The van der Waals surface area contributed by atoms with Crippen molar-refractivity contribution in [1.29, 1.82) is 0 Å². The summed E-state index contributed by atoms with van der Waals surface area (Å²) in [5.41, 5.74) is 3.33. The fourth-order valence-corrected chi connectivity index (χ4v) is 2.64. The number of nitrogens with one attached hydrogen (secondary N) is 1. The van der Waals surface area contributed by atoms with Gasteiger partial charge in [0.1, 0.15) is 5.52 Å². The molecule has 5 nitrogen and oxygen atoms in total. The molecule has 0 unspecified atom stereocenters. The van der Waals surface area contributed by atoms with Gasteiger partial charge in [0.25, 0.3) is 11.1 Å². The van der Waals surface area contributed by atoms with Crippen molar-refractivity contribution in [3.8, 4) is 0 Å². The Labute approximate surface area is 150 Å². The van der Waals surface area contributed by atoms with E-state index in [1.165, 1.54) is 18.3 Å². The van der Waals surface area contributed by atoms with Crippen LogP contribution in [0.15, 0.2) is 63.3 Å². The van der Waals surface area contributed by atoms with Gasteiger partial charge in [-0.1, -0.05) is 36.0 Å². The number of alkyl halides is 3. The van der Waals surface area contributed by atoms with E-state index in [0.29, 0.717) is 21.9 Å². The van der Waals surface area contributed by atoms with Crippen LogP contribution in [0.1, 0.15) is 11.1 Å². The topological polar surface area (TPSA) is 67.5 Å². The van der Waals surface area contributed by atoms with E-state index in [-0.39, 0.29) is 11.7 Å². The van der Waals surface area contributed by atoms with Crippen molar-refractivity contribution in [1.82, 2.24) is 10.4 Å². The third-order valence-electron chi connectivity index (χ3n) is 3.24. The summed E-state index contributed by atoms with van der Waals surface area (Å²) in [6.07, 6.45) is -3.12. The van der Waals surface area contributed by atoms with Gasteiger partial charge >= 0.3 is 6.18 Å². The lowest BCUT2D eigenvalue weighted by Crippen LogP contribution is -2.19. The number of rotatable bonds is 5. The number of carbonyl (C=O) groups is 1. The molecule has 0 bridgehead atoms. The Morgan fingerprint density at radius 3 is 2.62 bits per heavy atom. The number of hydrogen-bond donors (Lipinski definition) is 1. The van der Waals surface area contributed by atoms with Gasteiger partial charge in [-0.05, 0) is 29.8 Å². The predicted molar refractivity (Wildman–Crippen MR) is 91.9 cm³/mol. The summed E-state index contributed by atoms with van der Waals surface area (Å²) in [5, 5.41) is 4.09. The summed E-state index contributed by atoms with van der Waals surface area (Å²) in [7, 11) is 0. The standard InChI is InChI=1S/C17H12F3N3O2S/c18-17(19,20)12-7-5-11(6-8-12)9-21-23-15(24)10-26-16-22-13-3-1-2-4-14(13)25-16/h1-9H,10H2,(H,23,24)/b21-9-. The average molecular weight is 379 g/mol. The fourth-order valence-electron chi connectivity index (χ4n) is 2.01. The third kappa shape index (κ3) is 4.63. The summed E-state index contributed by atoms with van der Waals surface area (Å²) in [4.78, 5) is 16.0. The zero-order valence-corrected chi connectivity index (χ0v) is 14.0. The molecule has 0 radical (unpaired) electrons. The van der Waals surface area contributed by atoms with Crippen LogP contribution in [0.2, 0.25) is 0 Å². The Morgan fingerprint density at radius 1 is 1.19 bits per heavy atom. The maximum Gasteiger partial charge on any atom is 0.416 e. The van der Waals surface area contributed by atoms with E-state index < -0.39 is 11.7 Å². The number of benzene rings is 2. The van der Waals surface area contributed by atoms with E-state index in [2.05, 4.69) is 15.5 Å². The number of carbonyl (C=O) groups excluding carboxylic acids is 1. The highest BCUT2D eigenvalue weighted by Crippen LogP contribution is 2.28. The second-order valence-electron chi connectivity index (χ2n) is 5.15. The predicted octanol–water partition coefficient (Wildman–Crippen LogP) is 4.09. The summed E-state index contributed by atoms with van der Waals surface area (Å²) >= 11 is 1.12. The number of hydrogen-bond acceptors (Lipinski definition) is 5. The van der Waals surface area contributed by atoms with Gasteiger partial charge in [-0.3, -0.25) is 4.79 Å². The lowest BCUT2D eigenvalue weighted by atomic mass is 10.1. The first-order chi connectivity index (χ1) is 12.4. The van der Waals surface area contributed by atoms with Crippen molar-refractivity contribution < 1.29 is 22.4 Å². The first-order valence-corrected chi connectivity index (χ1v) is 8.38. The van der Waals surface area contributed by atoms with E-state index in [0.717, 1.165) is 23.9 Å². The van der Waals surface area contributed by atoms with Crippen molar-refractivity contribution in [3.05, 3.63) is 59.7 Å². The highest BCUT2D eigenvalue weighted by Gasteiger charge is 2.29. The van der Waals surface area contributed by atoms with E-state index in [1.807, 2.05) is 12.1 Å². The molecular weight excluding hydrogens is 367 g/mol. The van der Waals surface area contributed by atoms with E-state index in [1.54, 1.807) is 12.1 Å². The molecule has 0 aliphatic heterocycles. The van der Waals surface area contributed by atoms with Crippen LogP contribution < -0.4 is 5.43 Å². The van der Waals surface area contributed by atoms with Gasteiger partial charge in [-0.2, -0.15) is 18.3 Å². The van der Waals surface area contributed by atoms with Crippen LogP contribution in [0.5, 0.6) is 0 Å². The van der Waals surface area contributed by atoms with Gasteiger partial charge < -0.3 is 4.42 Å². The van der Waals surface area contributed by atoms with Crippen molar-refractivity contribution in [3.63, 3.8) is 0 Å². The van der Waals surface area contributed by atoms with E-state index in [9.17, 15) is 18.0 Å². The van der Waals surface area contributed by atoms with Crippen molar-refractivity contribution >= 4 is 35.0 Å². The number of oxazole rings is 1. The molecular formula is C17H12F3N3O2S. The SMILES string of the molecule is O=C(CSc1nc2ccccc2o1)N/N=C\c1ccc(C(F)(F)F)cc1. The maximum absolute atomic E-state index is 12.5. The van der Waals surface area contributed by atoms with Crippen molar-refractivity contribution in [2.75, 3.05) is 5.75 Å².